The minimum absolute atomic E-state index is 0. The molecule has 0 bridgehead atoms. The van der Waals surface area contributed by atoms with Crippen molar-refractivity contribution in [3.8, 4) is 11.5 Å². The van der Waals surface area contributed by atoms with Crippen molar-refractivity contribution in [1.29, 1.82) is 0 Å². The van der Waals surface area contributed by atoms with Crippen LogP contribution in [0.1, 0.15) is 104 Å². The second kappa shape index (κ2) is 23.6. The van der Waals surface area contributed by atoms with E-state index in [0.717, 1.165) is 108 Å². The average molecular weight is 996 g/mol. The number of aryl methyl sites for hydroxylation is 1. The first-order valence-electron chi connectivity index (χ1n) is 23.6. The third-order valence-electron chi connectivity index (χ3n) is 13.5. The molecule has 2 fully saturated rings. The van der Waals surface area contributed by atoms with Crippen LogP contribution in [0.4, 0.5) is 11.6 Å². The van der Waals surface area contributed by atoms with Crippen molar-refractivity contribution in [2.24, 2.45) is 0 Å². The number of likely N-dealkylation sites (N-methyl/N-ethyl adjacent to an activating group) is 2. The maximum absolute atomic E-state index is 12.8. The summed E-state index contributed by atoms with van der Waals surface area (Å²) in [7, 11) is 5.12. The molecule has 3 aromatic heterocycles. The van der Waals surface area contributed by atoms with Crippen molar-refractivity contribution >= 4 is 83.2 Å². The van der Waals surface area contributed by atoms with Gasteiger partial charge in [0.05, 0.1) is 31.3 Å². The van der Waals surface area contributed by atoms with E-state index < -0.39 is 11.1 Å². The second-order valence-corrected chi connectivity index (χ2v) is 18.2. The Balaban J connectivity index is 0.000000223. The molecule has 70 heavy (non-hydrogen) atoms. The number of pyridine rings is 2. The van der Waals surface area contributed by atoms with Crippen LogP contribution in [0.3, 0.4) is 0 Å². The summed E-state index contributed by atoms with van der Waals surface area (Å²) in [4.78, 5) is 63.2. The van der Waals surface area contributed by atoms with Gasteiger partial charge in [0, 0.05) is 85.9 Å². The Hall–Kier alpha value is -6.26. The molecule has 4 N–H and O–H groups in total. The number of carbonyl (C=O) groups is 4. The maximum Gasteiger partial charge on any atom is 0.246 e. The molecule has 2 aliphatic carbocycles. The zero-order valence-corrected chi connectivity index (χ0v) is 42.2. The van der Waals surface area contributed by atoms with E-state index >= 15 is 0 Å². The van der Waals surface area contributed by atoms with Gasteiger partial charge in [0.25, 0.3) is 0 Å². The number of carbonyl (C=O) groups excluding carboxylic acids is 4. The van der Waals surface area contributed by atoms with E-state index in [1.54, 1.807) is 61.6 Å². The highest BCUT2D eigenvalue weighted by molar-refractivity contribution is 6.00. The van der Waals surface area contributed by atoms with E-state index in [2.05, 4.69) is 31.2 Å². The van der Waals surface area contributed by atoms with Gasteiger partial charge in [0.15, 0.2) is 11.5 Å². The molecule has 372 valence electrons. The topological polar surface area (TPSA) is 180 Å². The molecular formula is C53H64Cl2N8O7. The number of furan rings is 1. The highest BCUT2D eigenvalue weighted by atomic mass is 35.5. The van der Waals surface area contributed by atoms with Crippen molar-refractivity contribution in [2.45, 2.75) is 109 Å². The van der Waals surface area contributed by atoms with Gasteiger partial charge < -0.3 is 34.3 Å². The summed E-state index contributed by atoms with van der Waals surface area (Å²) in [5.41, 5.74) is 5.25. The zero-order chi connectivity index (χ0) is 47.8. The van der Waals surface area contributed by atoms with Crippen molar-refractivity contribution in [3.05, 3.63) is 118 Å². The number of benzene rings is 2. The molecule has 5 aromatic rings. The molecule has 9 rings (SSSR count). The minimum atomic E-state index is -0.491. The molecule has 0 unspecified atom stereocenters. The molecule has 17 heteroatoms. The van der Waals surface area contributed by atoms with Gasteiger partial charge in [-0.25, -0.2) is 9.97 Å². The Labute approximate surface area is 422 Å². The number of anilines is 2. The van der Waals surface area contributed by atoms with Gasteiger partial charge in [-0.2, -0.15) is 0 Å². The number of hydrogen-bond donors (Lipinski definition) is 4. The van der Waals surface area contributed by atoms with Crippen molar-refractivity contribution in [3.63, 3.8) is 0 Å². The van der Waals surface area contributed by atoms with E-state index in [9.17, 15) is 19.2 Å². The van der Waals surface area contributed by atoms with Crippen LogP contribution in [-0.2, 0) is 45.4 Å². The number of amides is 4. The molecule has 4 aliphatic rings. The summed E-state index contributed by atoms with van der Waals surface area (Å²) < 4.78 is 17.3. The van der Waals surface area contributed by atoms with E-state index in [-0.39, 0.29) is 48.4 Å². The van der Waals surface area contributed by atoms with Crippen LogP contribution in [0.2, 0.25) is 0 Å². The smallest absolute Gasteiger partial charge is 0.246 e. The molecule has 0 saturated heterocycles. The number of methoxy groups -OCH3 is 1. The van der Waals surface area contributed by atoms with E-state index in [1.807, 2.05) is 68.4 Å². The highest BCUT2D eigenvalue weighted by Crippen LogP contribution is 2.36. The Morgan fingerprint density at radius 2 is 1.29 bits per heavy atom. The lowest BCUT2D eigenvalue weighted by Gasteiger charge is -2.26. The summed E-state index contributed by atoms with van der Waals surface area (Å²) in [5, 5.41) is 14.0. The standard InChI is InChI=1S/C27H34N4O4.C26H28N4O3.2ClH/c1-4-14-35-24-20(8-7-9-22(24)34-3)18-31(2)23(32)11-10-19-15-21-17-29-27(12-5-6-13-27)26(33)30-25(21)28-16-19;1-17-20-7-3-4-8-21(20)33-22(17)16-30(2)23(31)10-9-18-13-19-15-28-26(11-5-6-12-26)25(32)29-24(19)27-14-18;;/h7-11,15-16,29H,4-6,12-14,17-18H2,1-3H3,(H,28,30,33);3-4,7-10,13-14,28H,5-6,11-12,15-16H2,1-2H3,(H,27,29,32);2*1H/b11-10+;10-9+;;. The third kappa shape index (κ3) is 11.8. The van der Waals surface area contributed by atoms with Crippen LogP contribution in [0.25, 0.3) is 23.1 Å². The summed E-state index contributed by atoms with van der Waals surface area (Å²) in [6.07, 6.45) is 18.4. The van der Waals surface area contributed by atoms with Crippen LogP contribution in [0.5, 0.6) is 11.5 Å². The number of ether oxygens (including phenoxy) is 2. The van der Waals surface area contributed by atoms with Crippen molar-refractivity contribution in [1.82, 2.24) is 30.4 Å². The molecule has 5 heterocycles. The lowest BCUT2D eigenvalue weighted by atomic mass is 9.97. The molecular weight excluding hydrogens is 932 g/mol. The third-order valence-corrected chi connectivity index (χ3v) is 13.5. The number of fused-ring (bicyclic) bond motifs is 3. The Morgan fingerprint density at radius 1 is 0.757 bits per heavy atom. The van der Waals surface area contributed by atoms with Crippen molar-refractivity contribution < 1.29 is 33.1 Å². The normalized spacial score (nSPS) is 16.5. The van der Waals surface area contributed by atoms with Crippen molar-refractivity contribution in [2.75, 3.05) is 38.4 Å². The van der Waals surface area contributed by atoms with Gasteiger partial charge >= 0.3 is 0 Å². The first kappa shape index (κ1) is 53.1. The molecule has 2 aromatic carbocycles. The fourth-order valence-electron chi connectivity index (χ4n) is 9.45. The van der Waals surface area contributed by atoms with Gasteiger partial charge in [-0.1, -0.05) is 62.9 Å². The largest absolute Gasteiger partial charge is 0.493 e. The van der Waals surface area contributed by atoms with E-state index in [1.165, 1.54) is 6.08 Å². The Kier molecular flexibility index (Phi) is 17.9. The van der Waals surface area contributed by atoms with Crippen LogP contribution < -0.4 is 30.7 Å². The van der Waals surface area contributed by atoms with Crippen LogP contribution in [0.15, 0.2) is 83.6 Å². The molecule has 0 atom stereocenters. The average Bonchev–Trinajstić information content (AvgIpc) is 4.08. The Morgan fingerprint density at radius 3 is 1.80 bits per heavy atom. The van der Waals surface area contributed by atoms with Gasteiger partial charge in [-0.05, 0) is 86.6 Å². The van der Waals surface area contributed by atoms with Gasteiger partial charge in [-0.3, -0.25) is 29.8 Å². The van der Waals surface area contributed by atoms with E-state index in [4.69, 9.17) is 13.9 Å². The molecule has 2 saturated carbocycles. The van der Waals surface area contributed by atoms with Crippen LogP contribution in [0, 0.1) is 6.92 Å². The Bertz CT molecular complexity index is 2740. The number of rotatable bonds is 12. The lowest BCUT2D eigenvalue weighted by molar-refractivity contribution is -0.126. The number of halogens is 2. The van der Waals surface area contributed by atoms with Gasteiger partial charge in [0.2, 0.25) is 23.6 Å². The molecule has 0 radical (unpaired) electrons. The SMILES string of the molecule is CCCOc1c(CN(C)C(=O)/C=C/c2cnc3c(c2)CNC2(CCCC2)C(=O)N3)cccc1OC.Cc1c(CN(C)C(=O)/C=C/c2cnc3c(c2)CNC2(CCCC2)C(=O)N3)oc2ccccc12.Cl.Cl. The monoisotopic (exact) mass is 994 g/mol. The fraction of sp³-hybridized carbons (Fsp3) is 0.396. The minimum Gasteiger partial charge on any atom is -0.493 e. The molecule has 2 aliphatic heterocycles. The van der Waals surface area contributed by atoms with E-state index in [0.29, 0.717) is 55.9 Å². The second-order valence-electron chi connectivity index (χ2n) is 18.2. The number of nitrogens with one attached hydrogen (secondary N) is 4. The van der Waals surface area contributed by atoms with Crippen LogP contribution in [-0.4, -0.2) is 82.3 Å². The number of nitrogens with zero attached hydrogens (tertiary/aromatic N) is 4. The maximum atomic E-state index is 12.8. The molecule has 15 nitrogen and oxygen atoms in total. The van der Waals surface area contributed by atoms with Gasteiger partial charge in [-0.15, -0.1) is 24.8 Å². The predicted octanol–water partition coefficient (Wildman–Crippen LogP) is 8.91. The zero-order valence-electron chi connectivity index (χ0n) is 40.5. The lowest BCUT2D eigenvalue weighted by Crippen LogP contribution is -2.50. The quantitative estimate of drug-likeness (QED) is 0.0877. The van der Waals surface area contributed by atoms with Gasteiger partial charge in [0.1, 0.15) is 23.0 Å². The summed E-state index contributed by atoms with van der Waals surface area (Å²) >= 11 is 0. The molecule has 2 spiro atoms. The van der Waals surface area contributed by atoms with Crippen LogP contribution >= 0.6 is 24.8 Å². The highest BCUT2D eigenvalue weighted by Gasteiger charge is 2.43. The number of para-hydroxylation sites is 2. The first-order chi connectivity index (χ1) is 32.9. The first-order valence-corrected chi connectivity index (χ1v) is 23.6. The summed E-state index contributed by atoms with van der Waals surface area (Å²) in [5.74, 6) is 3.04. The molecule has 4 amide bonds. The summed E-state index contributed by atoms with van der Waals surface area (Å²) in [6, 6.07) is 17.5. The predicted molar refractivity (Wildman–Crippen MR) is 277 cm³/mol. The number of hydrogen-bond acceptors (Lipinski definition) is 11. The fourth-order valence-corrected chi connectivity index (χ4v) is 9.45. The number of aromatic nitrogens is 2. The summed E-state index contributed by atoms with van der Waals surface area (Å²) in [6.45, 7) is 6.55.